The third kappa shape index (κ3) is 4.03. The molecule has 0 aliphatic rings. The molecule has 0 aliphatic heterocycles. The van der Waals surface area contributed by atoms with Gasteiger partial charge in [-0.15, -0.1) is 11.3 Å². The molecule has 3 nitrogen and oxygen atoms in total. The van der Waals surface area contributed by atoms with E-state index in [0.717, 1.165) is 9.35 Å². The van der Waals surface area contributed by atoms with Gasteiger partial charge >= 0.3 is 0 Å². The van der Waals surface area contributed by atoms with Crippen LogP contribution in [0.1, 0.15) is 19.4 Å². The number of amides is 1. The minimum absolute atomic E-state index is 0.0141. The number of rotatable bonds is 5. The van der Waals surface area contributed by atoms with Gasteiger partial charge in [0, 0.05) is 13.6 Å². The molecule has 2 N–H and O–H groups in total. The fourth-order valence-corrected chi connectivity index (χ4v) is 3.33. The summed E-state index contributed by atoms with van der Waals surface area (Å²) in [5.41, 5.74) is 6.76. The lowest BCUT2D eigenvalue weighted by atomic mass is 9.94. The van der Waals surface area contributed by atoms with Crippen LogP contribution in [0.15, 0.2) is 15.2 Å². The van der Waals surface area contributed by atoms with Gasteiger partial charge in [-0.3, -0.25) is 4.79 Å². The van der Waals surface area contributed by atoms with E-state index < -0.39 is 0 Å². The minimum atomic E-state index is -0.382. The second-order valence-electron chi connectivity index (χ2n) is 4.58. The van der Waals surface area contributed by atoms with Crippen molar-refractivity contribution in [3.05, 3.63) is 20.8 Å². The van der Waals surface area contributed by atoms with Crippen molar-refractivity contribution in [2.45, 2.75) is 20.4 Å². The van der Waals surface area contributed by atoms with Crippen LogP contribution in [0.2, 0.25) is 0 Å². The van der Waals surface area contributed by atoms with Crippen LogP contribution < -0.4 is 5.73 Å². The number of thiocarbonyl (C=S) groups is 1. The number of hydrogen-bond acceptors (Lipinski definition) is 3. The van der Waals surface area contributed by atoms with Gasteiger partial charge in [0.1, 0.15) is 0 Å². The van der Waals surface area contributed by atoms with Crippen LogP contribution in [0, 0.1) is 11.8 Å². The summed E-state index contributed by atoms with van der Waals surface area (Å²) < 4.78 is 1.06. The lowest BCUT2D eigenvalue weighted by molar-refractivity contribution is -0.133. The maximum atomic E-state index is 12.3. The van der Waals surface area contributed by atoms with Crippen molar-refractivity contribution < 1.29 is 4.79 Å². The molecule has 1 unspecified atom stereocenters. The average molecular weight is 349 g/mol. The normalized spacial score (nSPS) is 12.5. The molecule has 1 heterocycles. The highest BCUT2D eigenvalue weighted by atomic mass is 79.9. The molecular weight excluding hydrogens is 332 g/mol. The largest absolute Gasteiger partial charge is 0.393 e. The minimum Gasteiger partial charge on any atom is -0.393 e. The van der Waals surface area contributed by atoms with E-state index in [-0.39, 0.29) is 22.7 Å². The number of nitrogens with zero attached hydrogens (tertiary/aromatic N) is 1. The summed E-state index contributed by atoms with van der Waals surface area (Å²) >= 11 is 10.00. The predicted molar refractivity (Wildman–Crippen MR) is 83.6 cm³/mol. The van der Waals surface area contributed by atoms with E-state index in [9.17, 15) is 4.79 Å². The highest BCUT2D eigenvalue weighted by Crippen LogP contribution is 2.22. The summed E-state index contributed by atoms with van der Waals surface area (Å²) in [6, 6.07) is 2.01. The Labute approximate surface area is 125 Å². The van der Waals surface area contributed by atoms with Gasteiger partial charge in [-0.2, -0.15) is 0 Å². The van der Waals surface area contributed by atoms with Crippen molar-refractivity contribution in [2.24, 2.45) is 17.6 Å². The fraction of sp³-hybridized carbons (Fsp3) is 0.500. The van der Waals surface area contributed by atoms with Gasteiger partial charge in [-0.1, -0.05) is 26.1 Å². The molecule has 0 aliphatic carbocycles. The molecule has 1 aromatic heterocycles. The van der Waals surface area contributed by atoms with Gasteiger partial charge in [0.25, 0.3) is 0 Å². The lowest BCUT2D eigenvalue weighted by Crippen LogP contribution is -2.41. The smallest absolute Gasteiger partial charge is 0.232 e. The van der Waals surface area contributed by atoms with Crippen LogP contribution in [-0.2, 0) is 11.3 Å². The number of hydrogen-bond donors (Lipinski definition) is 1. The molecule has 1 rings (SSSR count). The van der Waals surface area contributed by atoms with E-state index in [1.165, 1.54) is 0 Å². The predicted octanol–water partition coefficient (Wildman–Crippen LogP) is 3.03. The zero-order valence-corrected chi connectivity index (χ0v) is 13.9. The molecule has 100 valence electrons. The first-order valence-electron chi connectivity index (χ1n) is 5.60. The lowest BCUT2D eigenvalue weighted by Gasteiger charge is -2.25. The van der Waals surface area contributed by atoms with Crippen molar-refractivity contribution in [3.8, 4) is 0 Å². The van der Waals surface area contributed by atoms with E-state index in [0.29, 0.717) is 6.54 Å². The fourth-order valence-electron chi connectivity index (χ4n) is 1.75. The quantitative estimate of drug-likeness (QED) is 0.832. The van der Waals surface area contributed by atoms with E-state index >= 15 is 0 Å². The first-order valence-corrected chi connectivity index (χ1v) is 7.68. The summed E-state index contributed by atoms with van der Waals surface area (Å²) in [7, 11) is 1.78. The highest BCUT2D eigenvalue weighted by molar-refractivity contribution is 9.11. The second-order valence-corrected chi connectivity index (χ2v) is 7.34. The van der Waals surface area contributed by atoms with Crippen LogP contribution in [0.5, 0.6) is 0 Å². The van der Waals surface area contributed by atoms with Crippen LogP contribution in [0.25, 0.3) is 0 Å². The number of carbonyl (C=O) groups excluding carboxylic acids is 1. The molecule has 1 atom stereocenters. The first kappa shape index (κ1) is 15.6. The number of halogens is 1. The third-order valence-corrected chi connectivity index (χ3v) is 4.46. The van der Waals surface area contributed by atoms with Gasteiger partial charge in [0.15, 0.2) is 0 Å². The van der Waals surface area contributed by atoms with Gasteiger partial charge in [0.2, 0.25) is 5.91 Å². The summed E-state index contributed by atoms with van der Waals surface area (Å²) in [6.07, 6.45) is 0. The first-order chi connectivity index (χ1) is 8.32. The molecule has 0 spiro atoms. The van der Waals surface area contributed by atoms with Crippen LogP contribution in [0.4, 0.5) is 0 Å². The van der Waals surface area contributed by atoms with E-state index in [2.05, 4.69) is 15.9 Å². The Bertz CT molecular complexity index is 445. The van der Waals surface area contributed by atoms with Crippen LogP contribution in [0.3, 0.4) is 0 Å². The molecule has 0 bridgehead atoms. The second kappa shape index (κ2) is 6.63. The third-order valence-electron chi connectivity index (χ3n) is 2.66. The maximum Gasteiger partial charge on any atom is 0.232 e. The maximum absolute atomic E-state index is 12.3. The molecule has 0 saturated heterocycles. The van der Waals surface area contributed by atoms with Crippen molar-refractivity contribution in [1.29, 1.82) is 0 Å². The number of thiophene rings is 1. The van der Waals surface area contributed by atoms with Crippen molar-refractivity contribution in [1.82, 2.24) is 4.90 Å². The van der Waals surface area contributed by atoms with Crippen LogP contribution in [-0.4, -0.2) is 22.8 Å². The molecule has 0 aromatic carbocycles. The van der Waals surface area contributed by atoms with Crippen molar-refractivity contribution in [2.75, 3.05) is 7.05 Å². The zero-order chi connectivity index (χ0) is 13.9. The Kier molecular flexibility index (Phi) is 5.75. The topological polar surface area (TPSA) is 46.3 Å². The molecule has 1 amide bonds. The Morgan fingerprint density at radius 2 is 2.22 bits per heavy atom. The van der Waals surface area contributed by atoms with Crippen molar-refractivity contribution in [3.63, 3.8) is 0 Å². The average Bonchev–Trinajstić information content (AvgIpc) is 2.62. The summed E-state index contributed by atoms with van der Waals surface area (Å²) in [5.74, 6) is -0.279. The standard InChI is InChI=1S/C12H17BrN2OS2/c1-7(2)10(11(14)17)12(16)15(3)5-8-4-9(13)18-6-8/h4,6-7,10H,5H2,1-3H3,(H2,14,17). The Morgan fingerprint density at radius 3 is 2.61 bits per heavy atom. The highest BCUT2D eigenvalue weighted by Gasteiger charge is 2.27. The number of carbonyl (C=O) groups is 1. The molecule has 18 heavy (non-hydrogen) atoms. The number of nitrogens with two attached hydrogens (primary N) is 1. The zero-order valence-electron chi connectivity index (χ0n) is 10.6. The SMILES string of the molecule is CC(C)C(C(=O)N(C)Cc1csc(Br)c1)C(N)=S. The van der Waals surface area contributed by atoms with E-state index in [4.69, 9.17) is 18.0 Å². The molecule has 0 radical (unpaired) electrons. The molecular formula is C12H17BrN2OS2. The van der Waals surface area contributed by atoms with E-state index in [1.54, 1.807) is 23.3 Å². The Hall–Kier alpha value is -0.460. The molecule has 0 saturated carbocycles. The van der Waals surface area contributed by atoms with Gasteiger partial charge in [-0.05, 0) is 38.9 Å². The molecule has 0 fully saturated rings. The van der Waals surface area contributed by atoms with Gasteiger partial charge < -0.3 is 10.6 Å². The van der Waals surface area contributed by atoms with Crippen LogP contribution >= 0.6 is 39.5 Å². The summed E-state index contributed by atoms with van der Waals surface area (Å²) in [6.45, 7) is 4.49. The molecule has 6 heteroatoms. The molecule has 1 aromatic rings. The Balaban J connectivity index is 2.73. The van der Waals surface area contributed by atoms with Gasteiger partial charge in [-0.25, -0.2) is 0 Å². The summed E-state index contributed by atoms with van der Waals surface area (Å²) in [5, 5.41) is 2.03. The summed E-state index contributed by atoms with van der Waals surface area (Å²) in [4.78, 5) is 14.2. The van der Waals surface area contributed by atoms with Gasteiger partial charge in [0.05, 0.1) is 14.7 Å². The van der Waals surface area contributed by atoms with Crippen molar-refractivity contribution >= 4 is 50.4 Å². The van der Waals surface area contributed by atoms with E-state index in [1.807, 2.05) is 25.3 Å². The Morgan fingerprint density at radius 1 is 1.61 bits per heavy atom. The monoisotopic (exact) mass is 348 g/mol.